The van der Waals surface area contributed by atoms with E-state index in [0.717, 1.165) is 37.3 Å². The summed E-state index contributed by atoms with van der Waals surface area (Å²) in [6, 6.07) is 8.40. The van der Waals surface area contributed by atoms with Gasteiger partial charge in [-0.25, -0.2) is 0 Å². The highest BCUT2D eigenvalue weighted by atomic mass is 16.5. The van der Waals surface area contributed by atoms with Crippen LogP contribution in [0.3, 0.4) is 0 Å². The SMILES string of the molecule is c1nnc(-c2ccc(NC3CCCOC3)cc2)o1. The Morgan fingerprint density at radius 3 is 2.78 bits per heavy atom. The van der Waals surface area contributed by atoms with Gasteiger partial charge in [0.15, 0.2) is 0 Å². The standard InChI is InChI=1S/C13H15N3O2/c1-2-12(8-17-7-1)15-11-5-3-10(4-6-11)13-16-14-9-18-13/h3-6,9,12,15H,1-2,7-8H2. The van der Waals surface area contributed by atoms with E-state index in [9.17, 15) is 0 Å². The van der Waals surface area contributed by atoms with Crippen molar-refractivity contribution in [2.24, 2.45) is 0 Å². The molecule has 18 heavy (non-hydrogen) atoms. The summed E-state index contributed by atoms with van der Waals surface area (Å²) in [6.45, 7) is 1.67. The average Bonchev–Trinajstić information content (AvgIpc) is 2.95. The highest BCUT2D eigenvalue weighted by Gasteiger charge is 2.13. The summed E-state index contributed by atoms with van der Waals surface area (Å²) in [6.07, 6.45) is 3.62. The Balaban J connectivity index is 1.67. The topological polar surface area (TPSA) is 60.2 Å². The van der Waals surface area contributed by atoms with E-state index in [4.69, 9.17) is 9.15 Å². The lowest BCUT2D eigenvalue weighted by atomic mass is 10.1. The Morgan fingerprint density at radius 2 is 2.11 bits per heavy atom. The van der Waals surface area contributed by atoms with Crippen LogP contribution in [0.5, 0.6) is 0 Å². The van der Waals surface area contributed by atoms with Gasteiger partial charge in [-0.15, -0.1) is 10.2 Å². The zero-order valence-electron chi connectivity index (χ0n) is 10.0. The lowest BCUT2D eigenvalue weighted by Gasteiger charge is -2.24. The first-order valence-corrected chi connectivity index (χ1v) is 6.13. The predicted octanol–water partition coefficient (Wildman–Crippen LogP) is 2.33. The third kappa shape index (κ3) is 2.51. The molecule has 1 atom stereocenters. The van der Waals surface area contributed by atoms with Crippen LogP contribution in [0.2, 0.25) is 0 Å². The fourth-order valence-electron chi connectivity index (χ4n) is 2.10. The normalized spacial score (nSPS) is 19.7. The van der Waals surface area contributed by atoms with Crippen LogP contribution < -0.4 is 5.32 Å². The highest BCUT2D eigenvalue weighted by Crippen LogP contribution is 2.20. The van der Waals surface area contributed by atoms with Gasteiger partial charge < -0.3 is 14.5 Å². The van der Waals surface area contributed by atoms with Crippen LogP contribution in [0.15, 0.2) is 35.1 Å². The van der Waals surface area contributed by atoms with E-state index < -0.39 is 0 Å². The van der Waals surface area contributed by atoms with Gasteiger partial charge in [-0.3, -0.25) is 0 Å². The third-order valence-electron chi connectivity index (χ3n) is 3.02. The minimum Gasteiger partial charge on any atom is -0.423 e. The third-order valence-corrected chi connectivity index (χ3v) is 3.02. The lowest BCUT2D eigenvalue weighted by molar-refractivity contribution is 0.0876. The molecule has 2 heterocycles. The van der Waals surface area contributed by atoms with E-state index in [1.807, 2.05) is 24.3 Å². The molecule has 0 saturated carbocycles. The van der Waals surface area contributed by atoms with Gasteiger partial charge in [0.05, 0.1) is 6.61 Å². The minimum absolute atomic E-state index is 0.410. The quantitative estimate of drug-likeness (QED) is 0.899. The molecule has 1 aliphatic heterocycles. The molecule has 1 aliphatic rings. The number of nitrogens with one attached hydrogen (secondary N) is 1. The number of aromatic nitrogens is 2. The second-order valence-corrected chi connectivity index (χ2v) is 4.38. The summed E-state index contributed by atoms with van der Waals surface area (Å²) >= 11 is 0. The molecule has 1 aromatic heterocycles. The van der Waals surface area contributed by atoms with E-state index >= 15 is 0 Å². The van der Waals surface area contributed by atoms with Gasteiger partial charge in [0.2, 0.25) is 12.3 Å². The summed E-state index contributed by atoms with van der Waals surface area (Å²) in [5, 5.41) is 11.0. The first kappa shape index (κ1) is 11.2. The van der Waals surface area contributed by atoms with Crippen molar-refractivity contribution in [3.05, 3.63) is 30.7 Å². The molecular formula is C13H15N3O2. The number of rotatable bonds is 3. The first-order valence-electron chi connectivity index (χ1n) is 6.13. The number of anilines is 1. The van der Waals surface area contributed by atoms with Crippen molar-refractivity contribution < 1.29 is 9.15 Å². The van der Waals surface area contributed by atoms with Gasteiger partial charge in [0.25, 0.3) is 0 Å². The van der Waals surface area contributed by atoms with Crippen LogP contribution in [0, 0.1) is 0 Å². The minimum atomic E-state index is 0.410. The maximum Gasteiger partial charge on any atom is 0.247 e. The van der Waals surface area contributed by atoms with Crippen molar-refractivity contribution in [1.82, 2.24) is 10.2 Å². The van der Waals surface area contributed by atoms with E-state index in [-0.39, 0.29) is 0 Å². The molecule has 1 fully saturated rings. The summed E-state index contributed by atoms with van der Waals surface area (Å²) in [7, 11) is 0. The zero-order valence-corrected chi connectivity index (χ0v) is 10.0. The van der Waals surface area contributed by atoms with Gasteiger partial charge >= 0.3 is 0 Å². The first-order chi connectivity index (χ1) is 8.92. The van der Waals surface area contributed by atoms with Gasteiger partial charge in [0, 0.05) is 23.9 Å². The van der Waals surface area contributed by atoms with E-state index in [0.29, 0.717) is 11.9 Å². The molecule has 5 nitrogen and oxygen atoms in total. The van der Waals surface area contributed by atoms with Crippen molar-refractivity contribution in [1.29, 1.82) is 0 Å². The Kier molecular flexibility index (Phi) is 3.23. The summed E-state index contributed by atoms with van der Waals surface area (Å²) in [5.74, 6) is 0.544. The van der Waals surface area contributed by atoms with Crippen LogP contribution in [-0.4, -0.2) is 29.5 Å². The molecular weight excluding hydrogens is 230 g/mol. The van der Waals surface area contributed by atoms with Gasteiger partial charge in [0.1, 0.15) is 0 Å². The predicted molar refractivity (Wildman–Crippen MR) is 67.2 cm³/mol. The van der Waals surface area contributed by atoms with Crippen LogP contribution in [0.1, 0.15) is 12.8 Å². The Hall–Kier alpha value is -1.88. The molecule has 3 rings (SSSR count). The Bertz CT molecular complexity index is 475. The van der Waals surface area contributed by atoms with Crippen molar-refractivity contribution in [3.63, 3.8) is 0 Å². The van der Waals surface area contributed by atoms with Gasteiger partial charge in [-0.2, -0.15) is 0 Å². The van der Waals surface area contributed by atoms with Gasteiger partial charge in [-0.05, 0) is 37.1 Å². The maximum atomic E-state index is 5.44. The highest BCUT2D eigenvalue weighted by molar-refractivity contribution is 5.58. The molecule has 0 amide bonds. The summed E-state index contributed by atoms with van der Waals surface area (Å²) < 4.78 is 10.6. The van der Waals surface area contributed by atoms with Crippen molar-refractivity contribution in [3.8, 4) is 11.5 Å². The van der Waals surface area contributed by atoms with Crippen LogP contribution in [-0.2, 0) is 4.74 Å². The molecule has 94 valence electrons. The lowest BCUT2D eigenvalue weighted by Crippen LogP contribution is -2.29. The van der Waals surface area contributed by atoms with Crippen LogP contribution >= 0.6 is 0 Å². The van der Waals surface area contributed by atoms with Crippen molar-refractivity contribution in [2.75, 3.05) is 18.5 Å². The molecule has 0 aliphatic carbocycles. The molecule has 0 bridgehead atoms. The summed E-state index contributed by atoms with van der Waals surface area (Å²) in [4.78, 5) is 0. The molecule has 0 spiro atoms. The van der Waals surface area contributed by atoms with Crippen molar-refractivity contribution >= 4 is 5.69 Å². The van der Waals surface area contributed by atoms with Crippen LogP contribution in [0.4, 0.5) is 5.69 Å². The Labute approximate surface area is 105 Å². The smallest absolute Gasteiger partial charge is 0.247 e. The molecule has 1 N–H and O–H groups in total. The molecule has 2 aromatic rings. The van der Waals surface area contributed by atoms with Crippen molar-refractivity contribution in [2.45, 2.75) is 18.9 Å². The fourth-order valence-corrected chi connectivity index (χ4v) is 2.10. The van der Waals surface area contributed by atoms with E-state index in [2.05, 4.69) is 15.5 Å². The van der Waals surface area contributed by atoms with Crippen LogP contribution in [0.25, 0.3) is 11.5 Å². The molecule has 1 unspecified atom stereocenters. The molecule has 1 aromatic carbocycles. The Morgan fingerprint density at radius 1 is 1.22 bits per heavy atom. The molecule has 1 saturated heterocycles. The number of ether oxygens (including phenoxy) is 1. The molecule has 0 radical (unpaired) electrons. The van der Waals surface area contributed by atoms with Gasteiger partial charge in [-0.1, -0.05) is 0 Å². The second-order valence-electron chi connectivity index (χ2n) is 4.38. The molecule has 5 heteroatoms. The monoisotopic (exact) mass is 245 g/mol. The van der Waals surface area contributed by atoms with E-state index in [1.54, 1.807) is 0 Å². The number of hydrogen-bond donors (Lipinski definition) is 1. The largest absolute Gasteiger partial charge is 0.423 e. The summed E-state index contributed by atoms with van der Waals surface area (Å²) in [5.41, 5.74) is 2.02. The number of nitrogens with zero attached hydrogens (tertiary/aromatic N) is 2. The average molecular weight is 245 g/mol. The zero-order chi connectivity index (χ0) is 12.2. The second kappa shape index (κ2) is 5.18. The maximum absolute atomic E-state index is 5.44. The van der Waals surface area contributed by atoms with E-state index in [1.165, 1.54) is 6.39 Å². The number of hydrogen-bond acceptors (Lipinski definition) is 5. The fraction of sp³-hybridized carbons (Fsp3) is 0.385. The number of benzene rings is 1.